The largest absolute Gasteiger partial charge is 0.496 e. The van der Waals surface area contributed by atoms with Crippen molar-refractivity contribution >= 4 is 17.6 Å². The number of carboxylic acid groups (broad SMARTS) is 1. The summed E-state index contributed by atoms with van der Waals surface area (Å²) in [5.74, 6) is -0.501. The highest BCUT2D eigenvalue weighted by Crippen LogP contribution is 2.23. The van der Waals surface area contributed by atoms with E-state index in [9.17, 15) is 9.59 Å². The lowest BCUT2D eigenvalue weighted by atomic mass is 10.2. The quantitative estimate of drug-likeness (QED) is 0.939. The van der Waals surface area contributed by atoms with Gasteiger partial charge >= 0.3 is 5.97 Å². The lowest BCUT2D eigenvalue weighted by molar-refractivity contribution is 0.0696. The minimum absolute atomic E-state index is 0.0468. The van der Waals surface area contributed by atoms with Crippen LogP contribution in [0.5, 0.6) is 5.75 Å². The van der Waals surface area contributed by atoms with Crippen LogP contribution in [0, 0.1) is 0 Å². The van der Waals surface area contributed by atoms with E-state index in [0.717, 1.165) is 0 Å². The van der Waals surface area contributed by atoms with Crippen molar-refractivity contribution in [1.82, 2.24) is 4.57 Å². The highest BCUT2D eigenvalue weighted by Gasteiger charge is 2.09. The molecule has 20 heavy (non-hydrogen) atoms. The number of rotatable bonds is 4. The highest BCUT2D eigenvalue weighted by molar-refractivity contribution is 6.30. The minimum atomic E-state index is -1.09. The summed E-state index contributed by atoms with van der Waals surface area (Å²) in [4.78, 5) is 22.7. The number of carbonyl (C=O) groups is 1. The number of hydrogen-bond acceptors (Lipinski definition) is 3. The zero-order valence-electron chi connectivity index (χ0n) is 10.7. The van der Waals surface area contributed by atoms with Crippen LogP contribution in [0.4, 0.5) is 0 Å². The Balaban J connectivity index is 2.44. The van der Waals surface area contributed by atoms with Crippen molar-refractivity contribution in [3.05, 3.63) is 63.0 Å². The molecule has 0 amide bonds. The van der Waals surface area contributed by atoms with Crippen molar-refractivity contribution < 1.29 is 14.6 Å². The maximum absolute atomic E-state index is 11.8. The van der Waals surface area contributed by atoms with E-state index in [1.165, 1.54) is 30.0 Å². The lowest BCUT2D eigenvalue weighted by Gasteiger charge is -2.11. The number of aromatic nitrogens is 1. The summed E-state index contributed by atoms with van der Waals surface area (Å²) in [6.07, 6.45) is 1.30. The molecular formula is C14H12ClNO4. The number of benzene rings is 1. The Morgan fingerprint density at radius 3 is 2.75 bits per heavy atom. The summed E-state index contributed by atoms with van der Waals surface area (Å²) in [5, 5.41) is 9.47. The van der Waals surface area contributed by atoms with E-state index in [0.29, 0.717) is 16.3 Å². The number of nitrogens with zero attached hydrogens (tertiary/aromatic N) is 1. The molecule has 2 rings (SSSR count). The lowest BCUT2D eigenvalue weighted by Crippen LogP contribution is -2.21. The summed E-state index contributed by atoms with van der Waals surface area (Å²) < 4.78 is 6.50. The van der Waals surface area contributed by atoms with Crippen LogP contribution >= 0.6 is 11.6 Å². The molecule has 0 spiro atoms. The van der Waals surface area contributed by atoms with Gasteiger partial charge in [-0.25, -0.2) is 4.79 Å². The Kier molecular flexibility index (Phi) is 4.10. The maximum Gasteiger partial charge on any atom is 0.337 e. The molecule has 0 aliphatic carbocycles. The predicted molar refractivity (Wildman–Crippen MR) is 74.8 cm³/mol. The van der Waals surface area contributed by atoms with Crippen molar-refractivity contribution in [2.45, 2.75) is 6.54 Å². The molecule has 6 heteroatoms. The first kappa shape index (κ1) is 14.1. The average molecular weight is 294 g/mol. The Bertz CT molecular complexity index is 709. The van der Waals surface area contributed by atoms with Gasteiger partial charge in [0.1, 0.15) is 5.75 Å². The smallest absolute Gasteiger partial charge is 0.337 e. The Hall–Kier alpha value is -2.27. The van der Waals surface area contributed by atoms with E-state index >= 15 is 0 Å². The number of ether oxygens (including phenoxy) is 1. The third kappa shape index (κ3) is 3.00. The van der Waals surface area contributed by atoms with E-state index in [2.05, 4.69) is 0 Å². The Labute approximate surface area is 120 Å². The third-order valence-electron chi connectivity index (χ3n) is 2.81. The van der Waals surface area contributed by atoms with Gasteiger partial charge in [-0.15, -0.1) is 0 Å². The maximum atomic E-state index is 11.8. The molecule has 0 bridgehead atoms. The molecule has 0 aliphatic heterocycles. The predicted octanol–water partition coefficient (Wildman–Crippen LogP) is 2.26. The molecule has 2 aromatic rings. The van der Waals surface area contributed by atoms with Gasteiger partial charge in [-0.3, -0.25) is 4.79 Å². The van der Waals surface area contributed by atoms with Crippen LogP contribution in [0.1, 0.15) is 15.9 Å². The van der Waals surface area contributed by atoms with Crippen LogP contribution < -0.4 is 10.3 Å². The third-order valence-corrected chi connectivity index (χ3v) is 3.05. The second-order valence-corrected chi connectivity index (χ2v) is 4.58. The molecule has 1 aromatic heterocycles. The Morgan fingerprint density at radius 2 is 2.10 bits per heavy atom. The van der Waals surface area contributed by atoms with Gasteiger partial charge in [0.05, 0.1) is 19.2 Å². The molecule has 0 unspecified atom stereocenters. The number of aromatic carboxylic acids is 1. The highest BCUT2D eigenvalue weighted by atomic mass is 35.5. The van der Waals surface area contributed by atoms with Crippen LogP contribution in [0.2, 0.25) is 5.02 Å². The first-order valence-corrected chi connectivity index (χ1v) is 6.15. The molecule has 1 aromatic carbocycles. The van der Waals surface area contributed by atoms with E-state index in [-0.39, 0.29) is 17.7 Å². The molecule has 1 N–H and O–H groups in total. The minimum Gasteiger partial charge on any atom is -0.496 e. The molecule has 0 saturated heterocycles. The van der Waals surface area contributed by atoms with Crippen LogP contribution in [-0.2, 0) is 6.54 Å². The molecule has 0 aliphatic rings. The van der Waals surface area contributed by atoms with Crippen LogP contribution in [0.25, 0.3) is 0 Å². The molecular weight excluding hydrogens is 282 g/mol. The zero-order valence-corrected chi connectivity index (χ0v) is 11.4. The van der Waals surface area contributed by atoms with Gasteiger partial charge in [-0.05, 0) is 24.3 Å². The van der Waals surface area contributed by atoms with Gasteiger partial charge in [0.2, 0.25) is 0 Å². The van der Waals surface area contributed by atoms with Gasteiger partial charge in [-0.1, -0.05) is 11.6 Å². The second kappa shape index (κ2) is 5.79. The number of carboxylic acids is 1. The standard InChI is InChI=1S/C14H12ClNO4/c1-20-12-4-3-11(15)6-10(12)8-16-7-9(14(18)19)2-5-13(16)17/h2-7H,8H2,1H3,(H,18,19). The number of halogens is 1. The van der Waals surface area contributed by atoms with Gasteiger partial charge in [0.25, 0.3) is 5.56 Å². The summed E-state index contributed by atoms with van der Waals surface area (Å²) in [5.41, 5.74) is 0.451. The second-order valence-electron chi connectivity index (χ2n) is 4.15. The van der Waals surface area contributed by atoms with E-state index in [4.69, 9.17) is 21.4 Å². The van der Waals surface area contributed by atoms with E-state index in [1.54, 1.807) is 18.2 Å². The van der Waals surface area contributed by atoms with Gasteiger partial charge in [-0.2, -0.15) is 0 Å². The molecule has 0 saturated carbocycles. The van der Waals surface area contributed by atoms with Crippen LogP contribution in [0.3, 0.4) is 0 Å². The van der Waals surface area contributed by atoms with Crippen molar-refractivity contribution in [2.24, 2.45) is 0 Å². The molecule has 0 fully saturated rings. The van der Waals surface area contributed by atoms with Crippen LogP contribution in [-0.4, -0.2) is 22.8 Å². The fraction of sp³-hybridized carbons (Fsp3) is 0.143. The van der Waals surface area contributed by atoms with Gasteiger partial charge < -0.3 is 14.4 Å². The summed E-state index contributed by atoms with van der Waals surface area (Å²) in [7, 11) is 1.52. The first-order chi connectivity index (χ1) is 9.51. The van der Waals surface area contributed by atoms with Crippen molar-refractivity contribution in [1.29, 1.82) is 0 Å². The molecule has 0 radical (unpaired) electrons. The number of pyridine rings is 1. The SMILES string of the molecule is COc1ccc(Cl)cc1Cn1cc(C(=O)O)ccc1=O. The number of hydrogen-bond donors (Lipinski definition) is 1. The van der Waals surface area contributed by atoms with Gasteiger partial charge in [0.15, 0.2) is 0 Å². The summed E-state index contributed by atoms with van der Waals surface area (Å²) in [6.45, 7) is 0.184. The molecule has 0 atom stereocenters. The van der Waals surface area contributed by atoms with E-state index in [1.807, 2.05) is 0 Å². The molecule has 104 valence electrons. The number of methoxy groups -OCH3 is 1. The van der Waals surface area contributed by atoms with Gasteiger partial charge in [0, 0.05) is 22.8 Å². The topological polar surface area (TPSA) is 68.5 Å². The fourth-order valence-corrected chi connectivity index (χ4v) is 2.03. The molecule has 5 nitrogen and oxygen atoms in total. The first-order valence-electron chi connectivity index (χ1n) is 5.77. The summed E-state index contributed by atoms with van der Waals surface area (Å²) >= 11 is 5.92. The van der Waals surface area contributed by atoms with Crippen LogP contribution in [0.15, 0.2) is 41.3 Å². The van der Waals surface area contributed by atoms with Crippen molar-refractivity contribution in [3.63, 3.8) is 0 Å². The Morgan fingerprint density at radius 1 is 1.35 bits per heavy atom. The molecule has 1 heterocycles. The fourth-order valence-electron chi connectivity index (χ4n) is 1.84. The monoisotopic (exact) mass is 293 g/mol. The van der Waals surface area contributed by atoms with Crippen molar-refractivity contribution in [3.8, 4) is 5.75 Å². The van der Waals surface area contributed by atoms with E-state index < -0.39 is 5.97 Å². The summed E-state index contributed by atoms with van der Waals surface area (Å²) in [6, 6.07) is 7.56. The van der Waals surface area contributed by atoms with Crippen molar-refractivity contribution in [2.75, 3.05) is 7.11 Å². The average Bonchev–Trinajstić information content (AvgIpc) is 2.41. The zero-order chi connectivity index (χ0) is 14.7. The normalized spacial score (nSPS) is 10.3.